The summed E-state index contributed by atoms with van der Waals surface area (Å²) < 4.78 is 5.31. The van der Waals surface area contributed by atoms with Gasteiger partial charge in [-0.15, -0.1) is 0 Å². The fourth-order valence-electron chi connectivity index (χ4n) is 2.64. The predicted octanol–water partition coefficient (Wildman–Crippen LogP) is 5.51. The quantitative estimate of drug-likeness (QED) is 0.375. The Bertz CT molecular complexity index is 632. The summed E-state index contributed by atoms with van der Waals surface area (Å²) in [6.45, 7) is 2.23. The topological polar surface area (TPSA) is 46.5 Å². The Balaban J connectivity index is 1.79. The van der Waals surface area contributed by atoms with Crippen LogP contribution in [0.25, 0.3) is 0 Å². The fourth-order valence-corrected chi connectivity index (χ4v) is 2.64. The molecule has 0 radical (unpaired) electrons. The molecule has 0 fully saturated rings. The van der Waals surface area contributed by atoms with E-state index in [-0.39, 0.29) is 11.3 Å². The monoisotopic (exact) mass is 326 g/mol. The van der Waals surface area contributed by atoms with Crippen LogP contribution in [-0.4, -0.2) is 11.1 Å². The van der Waals surface area contributed by atoms with E-state index in [0.717, 1.165) is 6.42 Å². The first kappa shape index (κ1) is 18.1. The Morgan fingerprint density at radius 3 is 2.29 bits per heavy atom. The predicted molar refractivity (Wildman–Crippen MR) is 96.6 cm³/mol. The number of aromatic hydroxyl groups is 1. The zero-order valence-electron chi connectivity index (χ0n) is 14.3. The first-order valence-electron chi connectivity index (χ1n) is 8.80. The van der Waals surface area contributed by atoms with Crippen LogP contribution < -0.4 is 4.74 Å². The summed E-state index contributed by atoms with van der Waals surface area (Å²) in [4.78, 5) is 12.0. The smallest absolute Gasteiger partial charge is 0.347 e. The highest BCUT2D eigenvalue weighted by Gasteiger charge is 2.12. The van der Waals surface area contributed by atoms with Crippen LogP contribution in [0, 0.1) is 0 Å². The normalized spacial score (nSPS) is 10.5. The van der Waals surface area contributed by atoms with E-state index in [1.54, 1.807) is 18.2 Å². The molecule has 0 aliphatic carbocycles. The van der Waals surface area contributed by atoms with Gasteiger partial charge in [-0.25, -0.2) is 4.79 Å². The summed E-state index contributed by atoms with van der Waals surface area (Å²) >= 11 is 0. The first-order valence-corrected chi connectivity index (χ1v) is 8.80. The minimum Gasteiger partial charge on any atom is -0.507 e. The number of benzene rings is 2. The minimum absolute atomic E-state index is 0.0674. The van der Waals surface area contributed by atoms with Gasteiger partial charge in [0.1, 0.15) is 17.1 Å². The van der Waals surface area contributed by atoms with Crippen molar-refractivity contribution >= 4 is 5.97 Å². The Morgan fingerprint density at radius 2 is 1.58 bits per heavy atom. The van der Waals surface area contributed by atoms with E-state index in [2.05, 4.69) is 6.92 Å². The van der Waals surface area contributed by atoms with Crippen molar-refractivity contribution in [2.75, 3.05) is 0 Å². The second-order valence-electron chi connectivity index (χ2n) is 6.07. The molecular weight excluding hydrogens is 300 g/mol. The zero-order chi connectivity index (χ0) is 17.2. The number of aryl methyl sites for hydroxylation is 1. The summed E-state index contributed by atoms with van der Waals surface area (Å²) in [7, 11) is 0. The lowest BCUT2D eigenvalue weighted by molar-refractivity contribution is 0.0731. The molecule has 2 aromatic rings. The largest absolute Gasteiger partial charge is 0.507 e. The van der Waals surface area contributed by atoms with Crippen molar-refractivity contribution in [3.8, 4) is 11.5 Å². The van der Waals surface area contributed by atoms with Gasteiger partial charge in [0, 0.05) is 0 Å². The van der Waals surface area contributed by atoms with Crippen LogP contribution in [0.4, 0.5) is 0 Å². The van der Waals surface area contributed by atoms with Crippen LogP contribution in [0.5, 0.6) is 11.5 Å². The Kier molecular flexibility index (Phi) is 7.34. The van der Waals surface area contributed by atoms with Gasteiger partial charge >= 0.3 is 5.97 Å². The average Bonchev–Trinajstić information content (AvgIpc) is 2.59. The SMILES string of the molecule is CCCCCCCCc1ccc(OC(=O)c2ccccc2O)cc1. The van der Waals surface area contributed by atoms with Crippen LogP contribution in [-0.2, 0) is 6.42 Å². The number of carbonyl (C=O) groups excluding carboxylic acids is 1. The Labute approximate surface area is 144 Å². The fraction of sp³-hybridized carbons (Fsp3) is 0.381. The van der Waals surface area contributed by atoms with Gasteiger partial charge in [0.25, 0.3) is 0 Å². The van der Waals surface area contributed by atoms with Crippen LogP contribution >= 0.6 is 0 Å². The molecule has 0 saturated carbocycles. The third-order valence-corrected chi connectivity index (χ3v) is 4.08. The molecule has 2 rings (SSSR count). The van der Waals surface area contributed by atoms with Crippen molar-refractivity contribution in [2.45, 2.75) is 51.9 Å². The van der Waals surface area contributed by atoms with Gasteiger partial charge in [-0.05, 0) is 42.7 Å². The number of para-hydroxylation sites is 1. The number of ether oxygens (including phenoxy) is 1. The van der Waals surface area contributed by atoms with E-state index in [0.29, 0.717) is 5.75 Å². The van der Waals surface area contributed by atoms with Gasteiger partial charge in [-0.3, -0.25) is 0 Å². The number of phenolic OH excluding ortho intramolecular Hbond substituents is 1. The number of phenols is 1. The minimum atomic E-state index is -0.545. The molecule has 3 heteroatoms. The van der Waals surface area contributed by atoms with E-state index < -0.39 is 5.97 Å². The van der Waals surface area contributed by atoms with Gasteiger partial charge < -0.3 is 9.84 Å². The molecule has 0 unspecified atom stereocenters. The number of rotatable bonds is 9. The van der Waals surface area contributed by atoms with Crippen molar-refractivity contribution in [1.82, 2.24) is 0 Å². The molecule has 0 saturated heterocycles. The summed E-state index contributed by atoms with van der Waals surface area (Å²) in [5.41, 5.74) is 1.43. The molecule has 0 aliphatic heterocycles. The molecule has 24 heavy (non-hydrogen) atoms. The molecule has 0 aliphatic rings. The molecule has 1 N–H and O–H groups in total. The summed E-state index contributed by atoms with van der Waals surface area (Å²) in [6.07, 6.45) is 8.77. The molecule has 0 atom stereocenters. The highest BCUT2D eigenvalue weighted by Crippen LogP contribution is 2.20. The highest BCUT2D eigenvalue weighted by atomic mass is 16.5. The molecule has 0 aromatic heterocycles. The lowest BCUT2D eigenvalue weighted by Gasteiger charge is -2.07. The summed E-state index contributed by atoms with van der Waals surface area (Å²) in [6, 6.07) is 14.0. The maximum Gasteiger partial charge on any atom is 0.347 e. The van der Waals surface area contributed by atoms with Crippen LogP contribution in [0.3, 0.4) is 0 Å². The summed E-state index contributed by atoms with van der Waals surface area (Å²) in [5.74, 6) is -0.117. The standard InChI is InChI=1S/C21H26O3/c1-2-3-4-5-6-7-10-17-13-15-18(16-14-17)24-21(23)19-11-8-9-12-20(19)22/h8-9,11-16,22H,2-7,10H2,1H3. The van der Waals surface area contributed by atoms with Crippen LogP contribution in [0.1, 0.15) is 61.4 Å². The first-order chi connectivity index (χ1) is 11.7. The average molecular weight is 326 g/mol. The van der Waals surface area contributed by atoms with Crippen molar-refractivity contribution in [1.29, 1.82) is 0 Å². The lowest BCUT2D eigenvalue weighted by Crippen LogP contribution is -2.08. The van der Waals surface area contributed by atoms with Gasteiger partial charge in [0.2, 0.25) is 0 Å². The van der Waals surface area contributed by atoms with E-state index in [4.69, 9.17) is 4.74 Å². The zero-order valence-corrected chi connectivity index (χ0v) is 14.3. The van der Waals surface area contributed by atoms with E-state index in [1.807, 2.05) is 24.3 Å². The number of hydrogen-bond donors (Lipinski definition) is 1. The number of hydrogen-bond acceptors (Lipinski definition) is 3. The van der Waals surface area contributed by atoms with Gasteiger partial charge in [-0.1, -0.05) is 63.3 Å². The van der Waals surface area contributed by atoms with Crippen molar-refractivity contribution < 1.29 is 14.6 Å². The molecule has 0 bridgehead atoms. The molecule has 3 nitrogen and oxygen atoms in total. The third-order valence-electron chi connectivity index (χ3n) is 4.08. The molecule has 0 amide bonds. The maximum atomic E-state index is 12.0. The van der Waals surface area contributed by atoms with Gasteiger partial charge in [-0.2, -0.15) is 0 Å². The number of esters is 1. The van der Waals surface area contributed by atoms with Gasteiger partial charge in [0.15, 0.2) is 0 Å². The third kappa shape index (κ3) is 5.73. The van der Waals surface area contributed by atoms with Crippen LogP contribution in [0.15, 0.2) is 48.5 Å². The molecule has 0 spiro atoms. The van der Waals surface area contributed by atoms with Crippen molar-refractivity contribution in [3.05, 3.63) is 59.7 Å². The van der Waals surface area contributed by atoms with Crippen molar-refractivity contribution in [3.63, 3.8) is 0 Å². The maximum absolute atomic E-state index is 12.0. The van der Waals surface area contributed by atoms with E-state index in [9.17, 15) is 9.90 Å². The molecule has 0 heterocycles. The Hall–Kier alpha value is -2.29. The van der Waals surface area contributed by atoms with Crippen molar-refractivity contribution in [2.24, 2.45) is 0 Å². The van der Waals surface area contributed by atoms with E-state index >= 15 is 0 Å². The molecule has 128 valence electrons. The highest BCUT2D eigenvalue weighted by molar-refractivity contribution is 5.93. The van der Waals surface area contributed by atoms with E-state index in [1.165, 1.54) is 50.2 Å². The summed E-state index contributed by atoms with van der Waals surface area (Å²) in [5, 5.41) is 9.68. The van der Waals surface area contributed by atoms with Crippen LogP contribution in [0.2, 0.25) is 0 Å². The number of unbranched alkanes of at least 4 members (excludes halogenated alkanes) is 5. The second-order valence-corrected chi connectivity index (χ2v) is 6.07. The Morgan fingerprint density at radius 1 is 0.917 bits per heavy atom. The van der Waals surface area contributed by atoms with Gasteiger partial charge in [0.05, 0.1) is 0 Å². The molecular formula is C21H26O3. The molecule has 2 aromatic carbocycles. The lowest BCUT2D eigenvalue weighted by atomic mass is 10.0. The second kappa shape index (κ2) is 9.76. The number of carbonyl (C=O) groups is 1.